The average molecular weight is 447 g/mol. The first-order valence-electron chi connectivity index (χ1n) is 7.44. The minimum Gasteiger partial charge on any atom is -0.493 e. The molecule has 0 saturated carbocycles. The van der Waals surface area contributed by atoms with Crippen molar-refractivity contribution in [3.8, 4) is 5.75 Å². The van der Waals surface area contributed by atoms with E-state index in [-0.39, 0.29) is 10.0 Å². The average Bonchev–Trinajstić information content (AvgIpc) is 2.84. The molecule has 1 aliphatic heterocycles. The summed E-state index contributed by atoms with van der Waals surface area (Å²) >= 11 is 2.82. The second-order valence-electron chi connectivity index (χ2n) is 6.09. The third-order valence-electron chi connectivity index (χ3n) is 4.81. The van der Waals surface area contributed by atoms with Crippen molar-refractivity contribution in [2.45, 2.75) is 37.6 Å². The highest BCUT2D eigenvalue weighted by molar-refractivity contribution is 9.10. The first kappa shape index (κ1) is 20.9. The second-order valence-corrected chi connectivity index (χ2v) is 6.94. The van der Waals surface area contributed by atoms with Gasteiger partial charge in [-0.25, -0.2) is 9.18 Å². The number of carbonyl (C=O) groups is 1. The van der Waals surface area contributed by atoms with Gasteiger partial charge in [0.15, 0.2) is 23.3 Å². The van der Waals surface area contributed by atoms with Gasteiger partial charge in [0.05, 0.1) is 18.7 Å². The van der Waals surface area contributed by atoms with Gasteiger partial charge in [-0.2, -0.15) is 17.6 Å². The summed E-state index contributed by atoms with van der Waals surface area (Å²) in [5, 5.41) is 0. The Balaban J connectivity index is 2.71. The zero-order valence-corrected chi connectivity index (χ0v) is 15.8. The number of methoxy groups -OCH3 is 2. The normalized spacial score (nSPS) is 28.9. The number of hydrogen-bond acceptors (Lipinski definition) is 4. The number of hydrogen-bond donors (Lipinski definition) is 0. The molecule has 1 fully saturated rings. The molecule has 0 amide bonds. The van der Waals surface area contributed by atoms with Crippen LogP contribution in [0.4, 0.5) is 22.0 Å². The predicted octanol–water partition coefficient (Wildman–Crippen LogP) is 4.35. The topological polar surface area (TPSA) is 44.8 Å². The second kappa shape index (κ2) is 6.95. The van der Waals surface area contributed by atoms with Crippen LogP contribution in [-0.2, 0) is 14.3 Å². The summed E-state index contributed by atoms with van der Waals surface area (Å²) in [4.78, 5) is 12.1. The van der Waals surface area contributed by atoms with Gasteiger partial charge in [-0.3, -0.25) is 0 Å². The largest absolute Gasteiger partial charge is 0.493 e. The van der Waals surface area contributed by atoms with Gasteiger partial charge < -0.3 is 14.2 Å². The molecule has 0 N–H and O–H groups in total. The molecule has 26 heavy (non-hydrogen) atoms. The summed E-state index contributed by atoms with van der Waals surface area (Å²) in [6, 6.07) is 1.08. The van der Waals surface area contributed by atoms with Crippen LogP contribution in [0.15, 0.2) is 10.5 Å². The number of alkyl halides is 3. The van der Waals surface area contributed by atoms with Crippen molar-refractivity contribution in [2.24, 2.45) is 5.92 Å². The summed E-state index contributed by atoms with van der Waals surface area (Å²) in [6.45, 7) is 2.02. The lowest BCUT2D eigenvalue weighted by Crippen LogP contribution is -2.47. The van der Waals surface area contributed by atoms with E-state index in [1.54, 1.807) is 0 Å². The Morgan fingerprint density at radius 1 is 1.27 bits per heavy atom. The molecular formula is C16H16BrF5O4. The van der Waals surface area contributed by atoms with Crippen molar-refractivity contribution in [3.63, 3.8) is 0 Å². The van der Waals surface area contributed by atoms with E-state index in [9.17, 15) is 26.7 Å². The highest BCUT2D eigenvalue weighted by Crippen LogP contribution is 2.55. The highest BCUT2D eigenvalue weighted by atomic mass is 79.9. The molecule has 0 aliphatic carbocycles. The summed E-state index contributed by atoms with van der Waals surface area (Å²) in [6.07, 6.45) is -6.48. The first-order valence-corrected chi connectivity index (χ1v) is 8.23. The Morgan fingerprint density at radius 3 is 2.31 bits per heavy atom. The minimum atomic E-state index is -4.81. The van der Waals surface area contributed by atoms with Crippen LogP contribution < -0.4 is 4.74 Å². The summed E-state index contributed by atoms with van der Waals surface area (Å²) in [5.74, 6) is -6.89. The van der Waals surface area contributed by atoms with E-state index in [0.29, 0.717) is 0 Å². The fraction of sp³-hybridized carbons (Fsp3) is 0.562. The van der Waals surface area contributed by atoms with E-state index in [0.717, 1.165) is 27.2 Å². The third kappa shape index (κ3) is 3.06. The summed E-state index contributed by atoms with van der Waals surface area (Å²) < 4.78 is 82.9. The lowest BCUT2D eigenvalue weighted by Gasteiger charge is -2.32. The molecule has 10 heteroatoms. The van der Waals surface area contributed by atoms with E-state index in [4.69, 9.17) is 9.47 Å². The number of esters is 1. The van der Waals surface area contributed by atoms with Crippen molar-refractivity contribution >= 4 is 21.9 Å². The molecule has 1 saturated heterocycles. The molecule has 146 valence electrons. The number of rotatable bonds is 3. The molecular weight excluding hydrogens is 431 g/mol. The van der Waals surface area contributed by atoms with Crippen LogP contribution in [0.2, 0.25) is 0 Å². The lowest BCUT2D eigenvalue weighted by molar-refractivity contribution is -0.274. The van der Waals surface area contributed by atoms with Crippen LogP contribution in [0.25, 0.3) is 0 Å². The molecule has 0 unspecified atom stereocenters. The predicted molar refractivity (Wildman–Crippen MR) is 83.9 cm³/mol. The van der Waals surface area contributed by atoms with Gasteiger partial charge in [0.2, 0.25) is 5.82 Å². The van der Waals surface area contributed by atoms with E-state index >= 15 is 0 Å². The molecule has 2 rings (SSSR count). The van der Waals surface area contributed by atoms with Crippen molar-refractivity contribution < 1.29 is 41.0 Å². The smallest absolute Gasteiger partial charge is 0.417 e. The van der Waals surface area contributed by atoms with Crippen LogP contribution in [0.1, 0.15) is 25.3 Å². The zero-order chi connectivity index (χ0) is 20.0. The van der Waals surface area contributed by atoms with Gasteiger partial charge in [-0.1, -0.05) is 6.92 Å². The third-order valence-corrected chi connectivity index (χ3v) is 5.39. The van der Waals surface area contributed by atoms with Crippen LogP contribution in [0.3, 0.4) is 0 Å². The number of ether oxygens (including phenoxy) is 3. The molecule has 0 bridgehead atoms. The quantitative estimate of drug-likeness (QED) is 0.393. The van der Waals surface area contributed by atoms with Gasteiger partial charge in [-0.05, 0) is 28.9 Å². The van der Waals surface area contributed by atoms with Crippen LogP contribution in [-0.4, -0.2) is 38.1 Å². The fourth-order valence-corrected chi connectivity index (χ4v) is 3.59. The maximum Gasteiger partial charge on any atom is 0.417 e. The van der Waals surface area contributed by atoms with E-state index in [1.807, 2.05) is 0 Å². The van der Waals surface area contributed by atoms with E-state index in [1.165, 1.54) is 6.92 Å². The van der Waals surface area contributed by atoms with E-state index < -0.39 is 53.1 Å². The molecule has 1 aromatic carbocycles. The molecule has 4 atom stereocenters. The van der Waals surface area contributed by atoms with Crippen molar-refractivity contribution in [2.75, 3.05) is 14.2 Å². The SMILES string of the molecule is COC(=O)[C@@H]1O[C@@](C)(C(F)(F)F)[C@@H](C)[C@H]1c1cc(Br)c(F)c(F)c1OC. The van der Waals surface area contributed by atoms with E-state index in [2.05, 4.69) is 20.7 Å². The van der Waals surface area contributed by atoms with Gasteiger partial charge in [0, 0.05) is 17.4 Å². The van der Waals surface area contributed by atoms with Gasteiger partial charge in [0.25, 0.3) is 0 Å². The molecule has 4 nitrogen and oxygen atoms in total. The fourth-order valence-electron chi connectivity index (χ4n) is 3.17. The van der Waals surface area contributed by atoms with Gasteiger partial charge in [-0.15, -0.1) is 0 Å². The van der Waals surface area contributed by atoms with Crippen molar-refractivity contribution in [1.82, 2.24) is 0 Å². The maximum atomic E-state index is 14.2. The standard InChI is InChI=1S/C16H16BrF5O4/c1-6-9(7-5-8(17)10(18)11(19)12(7)24-3)13(14(23)25-4)26-15(6,2)16(20,21)22/h5-6,9,13H,1-4H3/t6-,9-,13+,15+/m0/s1. The van der Waals surface area contributed by atoms with Gasteiger partial charge >= 0.3 is 12.1 Å². The lowest BCUT2D eigenvalue weighted by atomic mass is 9.77. The molecule has 0 spiro atoms. The van der Waals surface area contributed by atoms with Crippen LogP contribution >= 0.6 is 15.9 Å². The molecule has 0 aromatic heterocycles. The Morgan fingerprint density at radius 2 is 1.85 bits per heavy atom. The van der Waals surface area contributed by atoms with Gasteiger partial charge in [0.1, 0.15) is 0 Å². The Bertz CT molecular complexity index is 724. The number of halogens is 6. The molecule has 1 aliphatic rings. The van der Waals surface area contributed by atoms with Crippen LogP contribution in [0, 0.1) is 17.6 Å². The number of benzene rings is 1. The Kier molecular flexibility index (Phi) is 5.59. The monoisotopic (exact) mass is 446 g/mol. The number of carbonyl (C=O) groups excluding carboxylic acids is 1. The first-order chi connectivity index (χ1) is 11.9. The molecule has 1 aromatic rings. The molecule has 1 heterocycles. The Hall–Kier alpha value is -1.42. The van der Waals surface area contributed by atoms with Crippen molar-refractivity contribution in [1.29, 1.82) is 0 Å². The highest BCUT2D eigenvalue weighted by Gasteiger charge is 2.66. The van der Waals surface area contributed by atoms with Crippen LogP contribution in [0.5, 0.6) is 5.75 Å². The molecule has 0 radical (unpaired) electrons. The van der Waals surface area contributed by atoms with Crippen molar-refractivity contribution in [3.05, 3.63) is 27.7 Å². The zero-order valence-electron chi connectivity index (χ0n) is 14.2. The Labute approximate surface area is 154 Å². The minimum absolute atomic E-state index is 0.130. The summed E-state index contributed by atoms with van der Waals surface area (Å²) in [7, 11) is 2.04. The summed E-state index contributed by atoms with van der Waals surface area (Å²) in [5.41, 5.74) is -2.83. The maximum absolute atomic E-state index is 14.2.